The van der Waals surface area contributed by atoms with E-state index in [1.165, 1.54) is 4.90 Å². The molecule has 1 aromatic carbocycles. The molecule has 2 bridgehead atoms. The Balaban J connectivity index is 1.37. The lowest BCUT2D eigenvalue weighted by molar-refractivity contribution is -0.140. The van der Waals surface area contributed by atoms with Crippen molar-refractivity contribution in [3.05, 3.63) is 40.4 Å². The second-order valence-corrected chi connectivity index (χ2v) is 7.94. The van der Waals surface area contributed by atoms with Gasteiger partial charge in [-0.25, -0.2) is 0 Å². The molecule has 4 atom stereocenters. The van der Waals surface area contributed by atoms with Crippen LogP contribution in [0.3, 0.4) is 0 Å². The zero-order valence-electron chi connectivity index (χ0n) is 13.9. The van der Waals surface area contributed by atoms with E-state index in [9.17, 15) is 14.4 Å². The Hall–Kier alpha value is -1.95. The number of amides is 3. The first kappa shape index (κ1) is 16.5. The highest BCUT2D eigenvalue weighted by Gasteiger charge is 2.58. The summed E-state index contributed by atoms with van der Waals surface area (Å²) in [5.41, 5.74) is 1.74. The molecule has 6 heteroatoms. The van der Waals surface area contributed by atoms with Crippen molar-refractivity contribution in [2.75, 3.05) is 11.9 Å². The van der Waals surface area contributed by atoms with Crippen LogP contribution in [0.15, 0.2) is 34.8 Å². The quantitative estimate of drug-likeness (QED) is 0.621. The Morgan fingerprint density at radius 2 is 1.84 bits per heavy atom. The van der Waals surface area contributed by atoms with Crippen LogP contribution in [0.1, 0.15) is 18.4 Å². The zero-order chi connectivity index (χ0) is 17.7. The number of nitrogens with one attached hydrogen (secondary N) is 1. The second kappa shape index (κ2) is 6.09. The van der Waals surface area contributed by atoms with E-state index in [1.807, 2.05) is 25.1 Å². The van der Waals surface area contributed by atoms with Gasteiger partial charge in [0, 0.05) is 23.1 Å². The van der Waals surface area contributed by atoms with Crippen LogP contribution in [0, 0.1) is 30.6 Å². The number of hydrogen-bond acceptors (Lipinski definition) is 3. The Kier molecular flexibility index (Phi) is 4.02. The lowest BCUT2D eigenvalue weighted by atomic mass is 9.85. The van der Waals surface area contributed by atoms with Crippen molar-refractivity contribution in [3.63, 3.8) is 0 Å². The maximum absolute atomic E-state index is 12.6. The third kappa shape index (κ3) is 2.72. The molecule has 0 aromatic heterocycles. The molecule has 1 saturated heterocycles. The van der Waals surface area contributed by atoms with Gasteiger partial charge in [-0.3, -0.25) is 19.3 Å². The van der Waals surface area contributed by atoms with Gasteiger partial charge < -0.3 is 5.32 Å². The van der Waals surface area contributed by atoms with E-state index >= 15 is 0 Å². The highest BCUT2D eigenvalue weighted by molar-refractivity contribution is 9.10. The highest BCUT2D eigenvalue weighted by atomic mass is 79.9. The van der Waals surface area contributed by atoms with Crippen LogP contribution < -0.4 is 5.32 Å². The monoisotopic (exact) mass is 402 g/mol. The minimum Gasteiger partial charge on any atom is -0.326 e. The van der Waals surface area contributed by atoms with E-state index in [1.54, 1.807) is 0 Å². The first-order valence-corrected chi connectivity index (χ1v) is 9.34. The van der Waals surface area contributed by atoms with E-state index in [2.05, 4.69) is 33.4 Å². The van der Waals surface area contributed by atoms with Crippen LogP contribution in [0.5, 0.6) is 0 Å². The van der Waals surface area contributed by atoms with Gasteiger partial charge in [0.25, 0.3) is 0 Å². The summed E-state index contributed by atoms with van der Waals surface area (Å²) in [6.07, 6.45) is 5.19. The number of allylic oxidation sites excluding steroid dienone is 2. The number of fused-ring (bicyclic) bond motifs is 5. The highest BCUT2D eigenvalue weighted by Crippen LogP contribution is 2.52. The van der Waals surface area contributed by atoms with Crippen molar-refractivity contribution in [2.24, 2.45) is 23.7 Å². The van der Waals surface area contributed by atoms with E-state index in [0.29, 0.717) is 5.69 Å². The van der Waals surface area contributed by atoms with Crippen LogP contribution in [0.25, 0.3) is 0 Å². The number of halogens is 1. The molecule has 130 valence electrons. The predicted octanol–water partition coefficient (Wildman–Crippen LogP) is 2.89. The molecular formula is C19H19BrN2O3. The molecule has 1 aliphatic heterocycles. The van der Waals surface area contributed by atoms with Crippen molar-refractivity contribution in [3.8, 4) is 0 Å². The minimum absolute atomic E-state index is 0.0980. The largest absolute Gasteiger partial charge is 0.326 e. The van der Waals surface area contributed by atoms with E-state index < -0.39 is 0 Å². The number of hydrogen-bond donors (Lipinski definition) is 1. The molecule has 1 N–H and O–H groups in total. The summed E-state index contributed by atoms with van der Waals surface area (Å²) in [5, 5.41) is 2.82. The van der Waals surface area contributed by atoms with Crippen molar-refractivity contribution >= 4 is 39.3 Å². The number of benzene rings is 1. The fraction of sp³-hybridized carbons (Fsp3) is 0.421. The average Bonchev–Trinajstić information content (AvgIpc) is 3.24. The first-order valence-electron chi connectivity index (χ1n) is 8.55. The number of carbonyl (C=O) groups is 3. The van der Waals surface area contributed by atoms with Gasteiger partial charge in [-0.1, -0.05) is 28.1 Å². The van der Waals surface area contributed by atoms with Gasteiger partial charge in [-0.15, -0.1) is 0 Å². The fourth-order valence-electron chi connectivity index (χ4n) is 4.34. The fourth-order valence-corrected chi connectivity index (χ4v) is 4.59. The van der Waals surface area contributed by atoms with Crippen LogP contribution in [0.2, 0.25) is 0 Å². The molecule has 1 heterocycles. The third-order valence-corrected chi connectivity index (χ3v) is 6.46. The zero-order valence-corrected chi connectivity index (χ0v) is 15.5. The summed E-state index contributed by atoms with van der Waals surface area (Å²) in [5.74, 6) is -0.370. The predicted molar refractivity (Wildman–Crippen MR) is 96.6 cm³/mol. The summed E-state index contributed by atoms with van der Waals surface area (Å²) in [7, 11) is 0. The van der Waals surface area contributed by atoms with Gasteiger partial charge in [0.15, 0.2) is 0 Å². The van der Waals surface area contributed by atoms with Gasteiger partial charge in [-0.05, 0) is 48.9 Å². The molecule has 4 rings (SSSR count). The number of imide groups is 1. The molecule has 1 aromatic rings. The molecule has 1 saturated carbocycles. The Morgan fingerprint density at radius 1 is 1.20 bits per heavy atom. The molecule has 2 aliphatic carbocycles. The average molecular weight is 403 g/mol. The molecule has 25 heavy (non-hydrogen) atoms. The third-order valence-electron chi connectivity index (χ3n) is 5.57. The summed E-state index contributed by atoms with van der Waals surface area (Å²) < 4.78 is 0.980. The Labute approximate surface area is 154 Å². The maximum Gasteiger partial charge on any atom is 0.233 e. The van der Waals surface area contributed by atoms with E-state index in [-0.39, 0.29) is 54.4 Å². The van der Waals surface area contributed by atoms with Crippen molar-refractivity contribution < 1.29 is 14.4 Å². The van der Waals surface area contributed by atoms with Gasteiger partial charge in [0.2, 0.25) is 17.7 Å². The number of rotatable bonds is 4. The van der Waals surface area contributed by atoms with Crippen molar-refractivity contribution in [2.45, 2.75) is 19.8 Å². The number of likely N-dealkylation sites (tertiary alicyclic amines) is 1. The van der Waals surface area contributed by atoms with Crippen LogP contribution in [-0.4, -0.2) is 29.2 Å². The summed E-state index contributed by atoms with van der Waals surface area (Å²) in [6, 6.07) is 5.57. The minimum atomic E-state index is -0.195. The normalized spacial score (nSPS) is 29.4. The van der Waals surface area contributed by atoms with E-state index in [0.717, 1.165) is 16.5 Å². The van der Waals surface area contributed by atoms with Crippen LogP contribution in [-0.2, 0) is 14.4 Å². The van der Waals surface area contributed by atoms with Crippen LogP contribution >= 0.6 is 15.9 Å². The SMILES string of the molecule is Cc1cc(NC(=O)CCN2C(=O)[C@@H]3[C@@H](C2=O)[C@H]2C=C[C@H]3C2)ccc1Br. The standard InChI is InChI=1S/C19H19BrN2O3/c1-10-8-13(4-5-14(10)20)21-15(23)6-7-22-18(24)16-11-2-3-12(9-11)17(16)19(22)25/h2-5,8,11-12,16-17H,6-7,9H2,1H3,(H,21,23)/t11-,12-,16-,17-/m0/s1. The van der Waals surface area contributed by atoms with Crippen LogP contribution in [0.4, 0.5) is 5.69 Å². The lowest BCUT2D eigenvalue weighted by Crippen LogP contribution is -2.35. The molecule has 0 spiro atoms. The molecule has 3 aliphatic rings. The van der Waals surface area contributed by atoms with Gasteiger partial charge >= 0.3 is 0 Å². The Morgan fingerprint density at radius 3 is 2.44 bits per heavy atom. The summed E-state index contributed by atoms with van der Waals surface area (Å²) in [6.45, 7) is 2.11. The number of nitrogens with zero attached hydrogens (tertiary/aromatic N) is 1. The molecule has 5 nitrogen and oxygen atoms in total. The number of anilines is 1. The van der Waals surface area contributed by atoms with Gasteiger partial charge in [-0.2, -0.15) is 0 Å². The molecule has 0 radical (unpaired) electrons. The molecular weight excluding hydrogens is 384 g/mol. The second-order valence-electron chi connectivity index (χ2n) is 7.09. The topological polar surface area (TPSA) is 66.5 Å². The maximum atomic E-state index is 12.6. The summed E-state index contributed by atoms with van der Waals surface area (Å²) in [4.78, 5) is 38.6. The molecule has 0 unspecified atom stereocenters. The number of aryl methyl sites for hydroxylation is 1. The molecule has 3 amide bonds. The van der Waals surface area contributed by atoms with Gasteiger partial charge in [0.1, 0.15) is 0 Å². The first-order chi connectivity index (χ1) is 12.0. The lowest BCUT2D eigenvalue weighted by Gasteiger charge is -2.17. The van der Waals surface area contributed by atoms with E-state index in [4.69, 9.17) is 0 Å². The van der Waals surface area contributed by atoms with Gasteiger partial charge in [0.05, 0.1) is 11.8 Å². The smallest absolute Gasteiger partial charge is 0.233 e. The van der Waals surface area contributed by atoms with Crippen molar-refractivity contribution in [1.82, 2.24) is 4.90 Å². The molecule has 2 fully saturated rings. The summed E-state index contributed by atoms with van der Waals surface area (Å²) >= 11 is 3.42. The van der Waals surface area contributed by atoms with Crippen molar-refractivity contribution in [1.29, 1.82) is 0 Å². The Bertz CT molecular complexity index is 774. The number of carbonyl (C=O) groups excluding carboxylic acids is 3.